The first-order valence-electron chi connectivity index (χ1n) is 8.21. The van der Waals surface area contributed by atoms with Crippen LogP contribution in [-0.2, 0) is 19.1 Å². The van der Waals surface area contributed by atoms with E-state index in [4.69, 9.17) is 4.74 Å². The molecule has 0 aromatic carbocycles. The van der Waals surface area contributed by atoms with E-state index in [1.165, 1.54) is 7.11 Å². The van der Waals surface area contributed by atoms with Crippen molar-refractivity contribution in [2.45, 2.75) is 78.2 Å². The molecule has 22 heavy (non-hydrogen) atoms. The average molecular weight is 312 g/mol. The van der Waals surface area contributed by atoms with Gasteiger partial charge in [-0.3, -0.25) is 9.59 Å². The second-order valence-electron chi connectivity index (χ2n) is 6.67. The molecule has 0 bridgehead atoms. The fraction of sp³-hybridized carbons (Fsp3) is 0.778. The summed E-state index contributed by atoms with van der Waals surface area (Å²) in [6.45, 7) is 7.53. The van der Waals surface area contributed by atoms with Gasteiger partial charge in [0.1, 0.15) is 5.60 Å². The van der Waals surface area contributed by atoms with Gasteiger partial charge in [-0.25, -0.2) is 0 Å². The van der Waals surface area contributed by atoms with E-state index < -0.39 is 0 Å². The van der Waals surface area contributed by atoms with Crippen LogP contribution in [0.25, 0.3) is 0 Å². The third kappa shape index (κ3) is 12.4. The summed E-state index contributed by atoms with van der Waals surface area (Å²) in [6.07, 6.45) is 10.6. The molecule has 0 aliphatic carbocycles. The van der Waals surface area contributed by atoms with Gasteiger partial charge in [-0.1, -0.05) is 31.9 Å². The number of methoxy groups -OCH3 is 1. The van der Waals surface area contributed by atoms with Crippen molar-refractivity contribution in [2.24, 2.45) is 5.92 Å². The zero-order valence-corrected chi connectivity index (χ0v) is 14.8. The standard InChI is InChI=1S/C18H32O4/c1-15(17(20)21-5)13-11-9-7-6-8-10-12-14-16(19)22-18(2,3)4/h9,11,15H,6-8,10,12-14H2,1-5H3/b11-9+/t15-/m0/s1. The summed E-state index contributed by atoms with van der Waals surface area (Å²) in [5.41, 5.74) is -0.386. The highest BCUT2D eigenvalue weighted by molar-refractivity contribution is 5.71. The number of rotatable bonds is 10. The quantitative estimate of drug-likeness (QED) is 0.340. The van der Waals surface area contributed by atoms with Crippen LogP contribution in [-0.4, -0.2) is 24.6 Å². The summed E-state index contributed by atoms with van der Waals surface area (Å²) >= 11 is 0. The molecule has 0 spiro atoms. The molecule has 0 radical (unpaired) electrons. The molecule has 4 nitrogen and oxygen atoms in total. The first kappa shape index (κ1) is 20.7. The minimum absolute atomic E-state index is 0.0740. The summed E-state index contributed by atoms with van der Waals surface area (Å²) in [7, 11) is 1.42. The van der Waals surface area contributed by atoms with Gasteiger partial charge >= 0.3 is 11.9 Å². The topological polar surface area (TPSA) is 52.6 Å². The molecular weight excluding hydrogens is 280 g/mol. The summed E-state index contributed by atoms with van der Waals surface area (Å²) in [5.74, 6) is -0.342. The Hall–Kier alpha value is -1.32. The third-order valence-electron chi connectivity index (χ3n) is 3.18. The van der Waals surface area contributed by atoms with Crippen molar-refractivity contribution in [1.82, 2.24) is 0 Å². The lowest BCUT2D eigenvalue weighted by atomic mass is 10.1. The van der Waals surface area contributed by atoms with Gasteiger partial charge in [-0.05, 0) is 46.5 Å². The van der Waals surface area contributed by atoms with E-state index in [9.17, 15) is 9.59 Å². The van der Waals surface area contributed by atoms with Gasteiger partial charge < -0.3 is 9.47 Å². The van der Waals surface area contributed by atoms with Gasteiger partial charge in [0.2, 0.25) is 0 Å². The van der Waals surface area contributed by atoms with Crippen molar-refractivity contribution in [3.05, 3.63) is 12.2 Å². The van der Waals surface area contributed by atoms with Crippen LogP contribution in [0.15, 0.2) is 12.2 Å². The van der Waals surface area contributed by atoms with Crippen LogP contribution < -0.4 is 0 Å². The summed E-state index contributed by atoms with van der Waals surface area (Å²) in [5, 5.41) is 0. The van der Waals surface area contributed by atoms with E-state index in [0.29, 0.717) is 6.42 Å². The molecule has 0 aliphatic heterocycles. The maximum Gasteiger partial charge on any atom is 0.308 e. The molecule has 4 heteroatoms. The van der Waals surface area contributed by atoms with Crippen LogP contribution in [0.4, 0.5) is 0 Å². The van der Waals surface area contributed by atoms with Crippen LogP contribution >= 0.6 is 0 Å². The molecule has 0 rings (SSSR count). The molecule has 0 unspecified atom stereocenters. The molecule has 0 saturated carbocycles. The monoisotopic (exact) mass is 312 g/mol. The first-order chi connectivity index (χ1) is 10.3. The average Bonchev–Trinajstić information content (AvgIpc) is 2.42. The second-order valence-corrected chi connectivity index (χ2v) is 6.67. The van der Waals surface area contributed by atoms with Crippen molar-refractivity contribution < 1.29 is 19.1 Å². The highest BCUT2D eigenvalue weighted by Crippen LogP contribution is 2.12. The van der Waals surface area contributed by atoms with E-state index in [-0.39, 0.29) is 23.5 Å². The number of carbonyl (C=O) groups excluding carboxylic acids is 2. The van der Waals surface area contributed by atoms with Gasteiger partial charge in [-0.2, -0.15) is 0 Å². The van der Waals surface area contributed by atoms with Crippen molar-refractivity contribution in [1.29, 1.82) is 0 Å². The lowest BCUT2D eigenvalue weighted by molar-refractivity contribution is -0.155. The Morgan fingerprint density at radius 2 is 1.68 bits per heavy atom. The predicted molar refractivity (Wildman–Crippen MR) is 88.5 cm³/mol. The normalized spacial score (nSPS) is 13.1. The molecule has 1 atom stereocenters. The summed E-state index contributed by atoms with van der Waals surface area (Å²) < 4.78 is 9.93. The number of allylic oxidation sites excluding steroid dienone is 2. The number of hydrogen-bond donors (Lipinski definition) is 0. The van der Waals surface area contributed by atoms with E-state index in [2.05, 4.69) is 10.8 Å². The highest BCUT2D eigenvalue weighted by Gasteiger charge is 2.15. The Kier molecular flexibility index (Phi) is 10.6. The number of esters is 2. The molecule has 128 valence electrons. The van der Waals surface area contributed by atoms with Crippen LogP contribution in [0.2, 0.25) is 0 Å². The minimum atomic E-state index is -0.386. The first-order valence-corrected chi connectivity index (χ1v) is 8.21. The fourth-order valence-electron chi connectivity index (χ4n) is 1.99. The Bertz CT molecular complexity index is 353. The molecule has 0 heterocycles. The zero-order chi connectivity index (χ0) is 17.0. The van der Waals surface area contributed by atoms with Crippen molar-refractivity contribution in [2.75, 3.05) is 7.11 Å². The summed E-state index contributed by atoms with van der Waals surface area (Å²) in [6, 6.07) is 0. The lowest BCUT2D eigenvalue weighted by Gasteiger charge is -2.19. The van der Waals surface area contributed by atoms with E-state index in [1.54, 1.807) is 0 Å². The largest absolute Gasteiger partial charge is 0.469 e. The van der Waals surface area contributed by atoms with Crippen LogP contribution in [0.1, 0.15) is 72.6 Å². The summed E-state index contributed by atoms with van der Waals surface area (Å²) in [4.78, 5) is 22.7. The maximum absolute atomic E-state index is 11.5. The van der Waals surface area contributed by atoms with E-state index in [0.717, 1.165) is 38.5 Å². The molecule has 0 aliphatic rings. The zero-order valence-electron chi connectivity index (χ0n) is 14.8. The highest BCUT2D eigenvalue weighted by atomic mass is 16.6. The van der Waals surface area contributed by atoms with Gasteiger partial charge in [-0.15, -0.1) is 0 Å². The number of ether oxygens (including phenoxy) is 2. The van der Waals surface area contributed by atoms with Crippen LogP contribution in [0.3, 0.4) is 0 Å². The molecular formula is C18H32O4. The van der Waals surface area contributed by atoms with Crippen molar-refractivity contribution in [3.63, 3.8) is 0 Å². The number of unbranched alkanes of at least 4 members (excludes halogenated alkanes) is 4. The SMILES string of the molecule is COC(=O)[C@@H](C)C/C=C/CCCCCCC(=O)OC(C)(C)C. The number of hydrogen-bond acceptors (Lipinski definition) is 4. The maximum atomic E-state index is 11.5. The van der Waals surface area contributed by atoms with Crippen LogP contribution in [0.5, 0.6) is 0 Å². The smallest absolute Gasteiger partial charge is 0.308 e. The molecule has 0 aromatic heterocycles. The van der Waals surface area contributed by atoms with Crippen molar-refractivity contribution in [3.8, 4) is 0 Å². The van der Waals surface area contributed by atoms with Gasteiger partial charge in [0, 0.05) is 6.42 Å². The van der Waals surface area contributed by atoms with E-state index in [1.807, 2.05) is 33.8 Å². The Balaban J connectivity index is 3.51. The minimum Gasteiger partial charge on any atom is -0.469 e. The number of carbonyl (C=O) groups is 2. The van der Waals surface area contributed by atoms with Crippen LogP contribution in [0, 0.1) is 5.92 Å². The third-order valence-corrected chi connectivity index (χ3v) is 3.18. The Morgan fingerprint density at radius 1 is 1.05 bits per heavy atom. The molecule has 0 fully saturated rings. The van der Waals surface area contributed by atoms with Gasteiger partial charge in [0.15, 0.2) is 0 Å². The fourth-order valence-corrected chi connectivity index (χ4v) is 1.99. The lowest BCUT2D eigenvalue weighted by Crippen LogP contribution is -2.23. The predicted octanol–water partition coefficient (Wildman–Crippen LogP) is 4.42. The Morgan fingerprint density at radius 3 is 2.27 bits per heavy atom. The second kappa shape index (κ2) is 11.3. The molecule has 0 aromatic rings. The Labute approximate surface area is 135 Å². The van der Waals surface area contributed by atoms with Gasteiger partial charge in [0.25, 0.3) is 0 Å². The molecule has 0 saturated heterocycles. The van der Waals surface area contributed by atoms with Crippen molar-refractivity contribution >= 4 is 11.9 Å². The van der Waals surface area contributed by atoms with E-state index >= 15 is 0 Å². The molecule has 0 amide bonds. The molecule has 0 N–H and O–H groups in total. The van der Waals surface area contributed by atoms with Gasteiger partial charge in [0.05, 0.1) is 13.0 Å².